The van der Waals surface area contributed by atoms with Crippen molar-refractivity contribution in [2.75, 3.05) is 5.32 Å². The molecule has 0 aliphatic rings. The smallest absolute Gasteiger partial charge is 0.434 e. The quantitative estimate of drug-likeness (QED) is 0.535. The summed E-state index contributed by atoms with van der Waals surface area (Å²) in [5.74, 6) is -1.91. The van der Waals surface area contributed by atoms with E-state index in [1.807, 2.05) is 0 Å². The molecule has 0 fully saturated rings. The highest BCUT2D eigenvalue weighted by Crippen LogP contribution is 2.33. The Morgan fingerprint density at radius 2 is 2.00 bits per heavy atom. The van der Waals surface area contributed by atoms with Gasteiger partial charge in [-0.25, -0.2) is 24.2 Å². The Labute approximate surface area is 183 Å². The molecule has 1 amide bonds. The molecule has 3 heterocycles. The first-order valence-electron chi connectivity index (χ1n) is 8.78. The lowest BCUT2D eigenvalue weighted by molar-refractivity contribution is -0.141. The Morgan fingerprint density at radius 1 is 1.28 bits per heavy atom. The van der Waals surface area contributed by atoms with E-state index in [0.717, 1.165) is 16.8 Å². The first-order valence-corrected chi connectivity index (χ1v) is 9.16. The Kier molecular flexibility index (Phi) is 6.30. The van der Waals surface area contributed by atoms with Gasteiger partial charge in [0, 0.05) is 18.8 Å². The number of amides is 1. The fourth-order valence-electron chi connectivity index (χ4n) is 2.70. The van der Waals surface area contributed by atoms with E-state index in [9.17, 15) is 22.8 Å². The zero-order valence-corrected chi connectivity index (χ0v) is 17.1. The highest BCUT2D eigenvalue weighted by molar-refractivity contribution is 6.30. The minimum atomic E-state index is -5.03. The number of aromatic nitrogens is 5. The molecule has 3 aromatic heterocycles. The number of carbonyl (C=O) groups excluding carboxylic acids is 1. The summed E-state index contributed by atoms with van der Waals surface area (Å²) >= 11 is 5.97. The van der Waals surface area contributed by atoms with Crippen LogP contribution in [0.25, 0.3) is 11.4 Å². The average Bonchev–Trinajstić information content (AvgIpc) is 3.07. The first-order chi connectivity index (χ1) is 15.0. The SMILES string of the molecule is CC(OC(=O)Nc1c(-c2ccc(C(=O)O)c(C(F)(F)F)n2)nnn1C)c1cccnc1Cl. The Morgan fingerprint density at radius 3 is 2.62 bits per heavy atom. The fourth-order valence-corrected chi connectivity index (χ4v) is 2.97. The lowest BCUT2D eigenvalue weighted by Crippen LogP contribution is -2.19. The number of ether oxygens (including phenoxy) is 1. The molecule has 0 aliphatic carbocycles. The number of anilines is 1. The molecule has 0 saturated heterocycles. The number of rotatable bonds is 5. The van der Waals surface area contributed by atoms with Crippen LogP contribution in [0.3, 0.4) is 0 Å². The van der Waals surface area contributed by atoms with Crippen molar-refractivity contribution < 1.29 is 32.6 Å². The molecule has 1 atom stereocenters. The molecular formula is C18H14ClF3N6O4. The number of carbonyl (C=O) groups is 2. The summed E-state index contributed by atoms with van der Waals surface area (Å²) < 4.78 is 46.2. The van der Waals surface area contributed by atoms with E-state index in [0.29, 0.717) is 5.56 Å². The van der Waals surface area contributed by atoms with Crippen LogP contribution in [0.2, 0.25) is 5.15 Å². The fraction of sp³-hybridized carbons (Fsp3) is 0.222. The van der Waals surface area contributed by atoms with Crippen molar-refractivity contribution >= 4 is 29.5 Å². The van der Waals surface area contributed by atoms with Gasteiger partial charge < -0.3 is 9.84 Å². The van der Waals surface area contributed by atoms with Gasteiger partial charge in [-0.15, -0.1) is 5.10 Å². The summed E-state index contributed by atoms with van der Waals surface area (Å²) in [6.45, 7) is 1.55. The van der Waals surface area contributed by atoms with Crippen molar-refractivity contribution in [3.8, 4) is 11.4 Å². The number of aromatic carboxylic acids is 1. The third-order valence-corrected chi connectivity index (χ3v) is 4.51. The van der Waals surface area contributed by atoms with Gasteiger partial charge in [-0.3, -0.25) is 5.32 Å². The summed E-state index contributed by atoms with van der Waals surface area (Å²) in [6, 6.07) is 4.98. The standard InChI is InChI=1S/C18H14ClF3N6O4/c1-8(9-4-3-7-23-14(9)19)32-17(31)25-15-12(26-27-28(15)2)11-6-5-10(16(29)30)13(24-11)18(20,21)22/h3-8H,1-2H3,(H,25,31)(H,29,30). The molecule has 0 bridgehead atoms. The van der Waals surface area contributed by atoms with Gasteiger partial charge in [0.05, 0.1) is 11.3 Å². The molecule has 0 saturated carbocycles. The average molecular weight is 471 g/mol. The van der Waals surface area contributed by atoms with Crippen LogP contribution in [0.15, 0.2) is 30.5 Å². The molecule has 0 spiro atoms. The van der Waals surface area contributed by atoms with Crippen molar-refractivity contribution in [3.05, 3.63) is 52.4 Å². The number of pyridine rings is 2. The van der Waals surface area contributed by atoms with E-state index >= 15 is 0 Å². The minimum absolute atomic E-state index is 0.122. The molecule has 3 rings (SSSR count). The number of carboxylic acids is 1. The summed E-state index contributed by atoms with van der Waals surface area (Å²) in [4.78, 5) is 30.8. The zero-order valence-electron chi connectivity index (χ0n) is 16.4. The van der Waals surface area contributed by atoms with Gasteiger partial charge >= 0.3 is 18.2 Å². The molecular weight excluding hydrogens is 457 g/mol. The van der Waals surface area contributed by atoms with Crippen LogP contribution >= 0.6 is 11.6 Å². The molecule has 32 heavy (non-hydrogen) atoms. The predicted molar refractivity (Wildman–Crippen MR) is 104 cm³/mol. The number of nitrogens with zero attached hydrogens (tertiary/aromatic N) is 5. The third kappa shape index (κ3) is 4.77. The molecule has 10 nitrogen and oxygen atoms in total. The Balaban J connectivity index is 1.89. The lowest BCUT2D eigenvalue weighted by Gasteiger charge is -2.15. The van der Waals surface area contributed by atoms with Gasteiger partial charge in [0.2, 0.25) is 0 Å². The van der Waals surface area contributed by atoms with Crippen molar-refractivity contribution in [2.24, 2.45) is 7.05 Å². The summed E-state index contributed by atoms with van der Waals surface area (Å²) in [7, 11) is 1.38. The maximum atomic E-state index is 13.3. The van der Waals surface area contributed by atoms with Crippen LogP contribution < -0.4 is 5.32 Å². The van der Waals surface area contributed by atoms with Gasteiger partial charge in [-0.1, -0.05) is 22.9 Å². The van der Waals surface area contributed by atoms with E-state index in [4.69, 9.17) is 21.4 Å². The lowest BCUT2D eigenvalue weighted by atomic mass is 10.1. The van der Waals surface area contributed by atoms with Gasteiger partial charge in [0.25, 0.3) is 0 Å². The van der Waals surface area contributed by atoms with Crippen LogP contribution in [-0.2, 0) is 18.0 Å². The number of aryl methyl sites for hydroxylation is 1. The zero-order chi connectivity index (χ0) is 23.6. The normalized spacial score (nSPS) is 12.3. The molecule has 0 radical (unpaired) electrons. The number of halogens is 4. The van der Waals surface area contributed by atoms with Gasteiger partial charge in [0.1, 0.15) is 11.3 Å². The van der Waals surface area contributed by atoms with E-state index in [1.165, 1.54) is 13.2 Å². The van der Waals surface area contributed by atoms with Gasteiger partial charge in [-0.2, -0.15) is 13.2 Å². The van der Waals surface area contributed by atoms with E-state index in [1.54, 1.807) is 19.1 Å². The van der Waals surface area contributed by atoms with Crippen LogP contribution in [0.1, 0.15) is 34.6 Å². The number of alkyl halides is 3. The molecule has 168 valence electrons. The summed E-state index contributed by atoms with van der Waals surface area (Å²) in [6.07, 6.45) is -5.34. The second kappa shape index (κ2) is 8.78. The molecule has 0 aliphatic heterocycles. The van der Waals surface area contributed by atoms with Crippen molar-refractivity contribution in [3.63, 3.8) is 0 Å². The topological polar surface area (TPSA) is 132 Å². The largest absolute Gasteiger partial charge is 0.478 e. The van der Waals surface area contributed by atoms with E-state index in [-0.39, 0.29) is 22.4 Å². The third-order valence-electron chi connectivity index (χ3n) is 4.19. The van der Waals surface area contributed by atoms with Crippen molar-refractivity contribution in [2.45, 2.75) is 19.2 Å². The van der Waals surface area contributed by atoms with Crippen molar-refractivity contribution in [1.29, 1.82) is 0 Å². The number of hydrogen-bond acceptors (Lipinski definition) is 7. The number of carboxylic acid groups (broad SMARTS) is 1. The molecule has 0 aromatic carbocycles. The maximum absolute atomic E-state index is 13.3. The molecule has 3 aromatic rings. The molecule has 1 unspecified atom stereocenters. The van der Waals surface area contributed by atoms with Crippen LogP contribution in [0.4, 0.5) is 23.8 Å². The van der Waals surface area contributed by atoms with E-state index < -0.39 is 35.6 Å². The highest BCUT2D eigenvalue weighted by atomic mass is 35.5. The first kappa shape index (κ1) is 22.9. The highest BCUT2D eigenvalue weighted by Gasteiger charge is 2.38. The number of hydrogen-bond donors (Lipinski definition) is 2. The molecule has 2 N–H and O–H groups in total. The Hall–Kier alpha value is -3.74. The maximum Gasteiger partial charge on any atom is 0.434 e. The number of nitrogens with one attached hydrogen (secondary N) is 1. The van der Waals surface area contributed by atoms with Gasteiger partial charge in [-0.05, 0) is 25.1 Å². The molecule has 14 heteroatoms. The van der Waals surface area contributed by atoms with Crippen LogP contribution in [-0.4, -0.2) is 42.1 Å². The van der Waals surface area contributed by atoms with Crippen LogP contribution in [0, 0.1) is 0 Å². The monoisotopic (exact) mass is 470 g/mol. The second-order valence-corrected chi connectivity index (χ2v) is 6.72. The van der Waals surface area contributed by atoms with Crippen molar-refractivity contribution in [1.82, 2.24) is 25.0 Å². The summed E-state index contributed by atoms with van der Waals surface area (Å²) in [5.41, 5.74) is -2.77. The predicted octanol–water partition coefficient (Wildman–Crippen LogP) is 3.95. The van der Waals surface area contributed by atoms with Gasteiger partial charge in [0.15, 0.2) is 17.2 Å². The second-order valence-electron chi connectivity index (χ2n) is 6.36. The summed E-state index contributed by atoms with van der Waals surface area (Å²) in [5, 5.41) is 18.9. The Bertz CT molecular complexity index is 1180. The van der Waals surface area contributed by atoms with E-state index in [2.05, 4.69) is 25.6 Å². The minimum Gasteiger partial charge on any atom is -0.478 e. The van der Waals surface area contributed by atoms with Crippen LogP contribution in [0.5, 0.6) is 0 Å².